The van der Waals surface area contributed by atoms with Gasteiger partial charge in [0, 0.05) is 12.8 Å². The first-order valence-electron chi connectivity index (χ1n) is 33.5. The Labute approximate surface area is 516 Å². The summed E-state index contributed by atoms with van der Waals surface area (Å²) in [5, 5.41) is 0. The first kappa shape index (κ1) is 79.9. The van der Waals surface area contributed by atoms with Crippen LogP contribution < -0.4 is 4.89 Å². The Balaban J connectivity index is 4.14. The van der Waals surface area contributed by atoms with Gasteiger partial charge >= 0.3 is 11.9 Å². The van der Waals surface area contributed by atoms with Crippen molar-refractivity contribution in [1.29, 1.82) is 0 Å². The van der Waals surface area contributed by atoms with Crippen molar-refractivity contribution in [1.82, 2.24) is 0 Å². The van der Waals surface area contributed by atoms with Crippen LogP contribution in [0.1, 0.15) is 258 Å². The van der Waals surface area contributed by atoms with Crippen LogP contribution in [0.3, 0.4) is 0 Å². The maximum Gasteiger partial charge on any atom is 0.306 e. The Bertz CT molecular complexity index is 1930. The minimum Gasteiger partial charge on any atom is -0.756 e. The summed E-state index contributed by atoms with van der Waals surface area (Å²) in [4.78, 5) is 38.0. The molecule has 0 saturated carbocycles. The number of quaternary nitrogens is 1. The predicted molar refractivity (Wildman–Crippen MR) is 360 cm³/mol. The predicted octanol–water partition coefficient (Wildman–Crippen LogP) is 21.2. The van der Waals surface area contributed by atoms with Gasteiger partial charge in [0.15, 0.2) is 6.10 Å². The molecule has 0 aliphatic carbocycles. The van der Waals surface area contributed by atoms with E-state index in [1.54, 1.807) is 0 Å². The van der Waals surface area contributed by atoms with Gasteiger partial charge in [-0.2, -0.15) is 0 Å². The first-order valence-corrected chi connectivity index (χ1v) is 35.0. The molecule has 0 saturated heterocycles. The maximum absolute atomic E-state index is 12.9. The lowest BCUT2D eigenvalue weighted by Gasteiger charge is -2.28. The molecular formula is C74H124NO8P. The fourth-order valence-electron chi connectivity index (χ4n) is 8.78. The molecule has 0 aromatic carbocycles. The molecule has 478 valence electrons. The highest BCUT2D eigenvalue weighted by Gasteiger charge is 2.22. The smallest absolute Gasteiger partial charge is 0.306 e. The van der Waals surface area contributed by atoms with E-state index in [2.05, 4.69) is 160 Å². The van der Waals surface area contributed by atoms with Crippen LogP contribution in [-0.4, -0.2) is 70.0 Å². The molecule has 0 bridgehead atoms. The average Bonchev–Trinajstić information content (AvgIpc) is 3.61. The Kier molecular flexibility index (Phi) is 60.3. The second-order valence-electron chi connectivity index (χ2n) is 23.1. The van der Waals surface area contributed by atoms with Gasteiger partial charge in [-0.15, -0.1) is 0 Å². The van der Waals surface area contributed by atoms with Gasteiger partial charge in [0.1, 0.15) is 19.8 Å². The van der Waals surface area contributed by atoms with Crippen molar-refractivity contribution < 1.29 is 42.1 Å². The molecule has 0 amide bonds. The molecule has 2 atom stereocenters. The largest absolute Gasteiger partial charge is 0.756 e. The van der Waals surface area contributed by atoms with Crippen LogP contribution in [0.4, 0.5) is 0 Å². The number of esters is 2. The summed E-state index contributed by atoms with van der Waals surface area (Å²) in [5.41, 5.74) is 0. The van der Waals surface area contributed by atoms with Crippen molar-refractivity contribution in [2.45, 2.75) is 264 Å². The Hall–Kier alpha value is -4.11. The third-order valence-electron chi connectivity index (χ3n) is 13.9. The quantitative estimate of drug-likeness (QED) is 0.0195. The van der Waals surface area contributed by atoms with Gasteiger partial charge < -0.3 is 27.9 Å². The van der Waals surface area contributed by atoms with Crippen molar-refractivity contribution in [2.75, 3.05) is 47.5 Å². The molecule has 0 aliphatic heterocycles. The first-order chi connectivity index (χ1) is 41.0. The zero-order chi connectivity index (χ0) is 61.2. The number of hydrogen-bond donors (Lipinski definition) is 0. The molecule has 0 N–H and O–H groups in total. The summed E-state index contributed by atoms with van der Waals surface area (Å²) in [7, 11) is 1.14. The zero-order valence-corrected chi connectivity index (χ0v) is 55.2. The van der Waals surface area contributed by atoms with E-state index in [-0.39, 0.29) is 32.0 Å². The average molecular weight is 1190 g/mol. The molecule has 10 heteroatoms. The molecule has 0 heterocycles. The Morgan fingerprint density at radius 2 is 0.643 bits per heavy atom. The van der Waals surface area contributed by atoms with Crippen molar-refractivity contribution in [2.24, 2.45) is 0 Å². The van der Waals surface area contributed by atoms with Gasteiger partial charge in [-0.1, -0.05) is 275 Å². The van der Waals surface area contributed by atoms with Crippen LogP contribution in [-0.2, 0) is 32.7 Å². The summed E-state index contributed by atoms with van der Waals surface area (Å²) in [6.45, 7) is 4.00. The lowest BCUT2D eigenvalue weighted by Crippen LogP contribution is -2.37. The lowest BCUT2D eigenvalue weighted by molar-refractivity contribution is -0.870. The highest BCUT2D eigenvalue weighted by atomic mass is 31.2. The number of rotatable bonds is 60. The topological polar surface area (TPSA) is 111 Å². The molecule has 0 aromatic heterocycles. The van der Waals surface area contributed by atoms with Crippen LogP contribution in [0.25, 0.3) is 0 Å². The summed E-state index contributed by atoms with van der Waals surface area (Å²) >= 11 is 0. The number of carbonyl (C=O) groups is 2. The minimum atomic E-state index is -4.65. The molecule has 9 nitrogen and oxygen atoms in total. The summed E-state index contributed by atoms with van der Waals surface area (Å²) < 4.78 is 34.3. The maximum atomic E-state index is 12.9. The molecule has 2 unspecified atom stereocenters. The minimum absolute atomic E-state index is 0.0396. The van der Waals surface area contributed by atoms with E-state index in [1.807, 2.05) is 21.1 Å². The number of carbonyl (C=O) groups excluding carboxylic acids is 2. The molecule has 0 fully saturated rings. The van der Waals surface area contributed by atoms with Crippen LogP contribution in [0, 0.1) is 0 Å². The third kappa shape index (κ3) is 67.0. The van der Waals surface area contributed by atoms with Crippen molar-refractivity contribution in [3.05, 3.63) is 146 Å². The van der Waals surface area contributed by atoms with Crippen molar-refractivity contribution in [3.63, 3.8) is 0 Å². The number of phosphoric acid groups is 1. The highest BCUT2D eigenvalue weighted by molar-refractivity contribution is 7.45. The van der Waals surface area contributed by atoms with Crippen molar-refractivity contribution in [3.8, 4) is 0 Å². The second-order valence-corrected chi connectivity index (χ2v) is 24.5. The molecular weight excluding hydrogens is 1060 g/mol. The summed E-state index contributed by atoms with van der Waals surface area (Å²) in [6.07, 6.45) is 93.3. The highest BCUT2D eigenvalue weighted by Crippen LogP contribution is 2.38. The van der Waals surface area contributed by atoms with Gasteiger partial charge in [0.2, 0.25) is 0 Å². The fourth-order valence-corrected chi connectivity index (χ4v) is 9.51. The lowest BCUT2D eigenvalue weighted by atomic mass is 10.0. The SMILES string of the molecule is CC/C=C\C/C=C\C/C=C\C/C=C\C/C=C\C/C=C\C/C=C\C/C=C\CCCCCCCCCCC(=O)OC(COC(=O)CCCCCCCCCCCCCCCC/C=C\C/C=C\C/C=C\C/C=C\CC)COP(=O)([O-])OCC[N+](C)(C)C. The number of unbranched alkanes of at least 4 members (excludes halogenated alkanes) is 22. The number of phosphoric ester groups is 1. The van der Waals surface area contributed by atoms with E-state index >= 15 is 0 Å². The molecule has 0 aromatic rings. The molecule has 84 heavy (non-hydrogen) atoms. The number of allylic oxidation sites excluding steroid dienone is 24. The Morgan fingerprint density at radius 1 is 0.369 bits per heavy atom. The second kappa shape index (κ2) is 63.4. The fraction of sp³-hybridized carbons (Fsp3) is 0.649. The number of hydrogen-bond acceptors (Lipinski definition) is 8. The van der Waals surface area contributed by atoms with E-state index in [9.17, 15) is 19.0 Å². The normalized spacial score (nSPS) is 14.1. The monoisotopic (exact) mass is 1190 g/mol. The molecule has 0 radical (unpaired) electrons. The summed E-state index contributed by atoms with van der Waals surface area (Å²) in [6, 6.07) is 0. The number of ether oxygens (including phenoxy) is 2. The van der Waals surface area contributed by atoms with Gasteiger partial charge in [-0.25, -0.2) is 0 Å². The van der Waals surface area contributed by atoms with Crippen LogP contribution in [0.2, 0.25) is 0 Å². The number of nitrogens with zero attached hydrogens (tertiary/aromatic N) is 1. The zero-order valence-electron chi connectivity index (χ0n) is 54.3. The van der Waals surface area contributed by atoms with E-state index in [4.69, 9.17) is 18.5 Å². The van der Waals surface area contributed by atoms with E-state index < -0.39 is 26.5 Å². The van der Waals surface area contributed by atoms with E-state index in [1.165, 1.54) is 103 Å². The van der Waals surface area contributed by atoms with E-state index in [0.717, 1.165) is 122 Å². The standard InChI is InChI=1S/C74H124NO8P/c1-6-8-10-12-14-16-18-20-22-24-26-28-30-32-34-35-36-37-38-39-41-43-45-47-49-51-53-55-57-59-61-63-65-67-74(77)83-72(71-82-84(78,79)81-69-68-75(3,4)5)70-80-73(76)66-64-62-60-58-56-54-52-50-48-46-44-42-40-33-31-29-27-25-23-21-19-17-15-13-11-9-7-2/h8-11,14-17,20-23,26-29,32,34,36-37,39,41,45,47,72H,6-7,12-13,18-19,24-25,30-31,33,35,38,40,42-44,46,48-71H2,1-5H3/b10-8-,11-9-,16-14-,17-15-,22-20-,23-21-,28-26-,29-27-,34-32-,37-36-,41-39-,47-45-. The van der Waals surface area contributed by atoms with Gasteiger partial charge in [-0.3, -0.25) is 14.2 Å². The third-order valence-corrected chi connectivity index (χ3v) is 14.8. The van der Waals surface area contributed by atoms with Gasteiger partial charge in [-0.05, 0) is 116 Å². The molecule has 0 rings (SSSR count). The van der Waals surface area contributed by atoms with Crippen LogP contribution in [0.5, 0.6) is 0 Å². The van der Waals surface area contributed by atoms with E-state index in [0.29, 0.717) is 17.4 Å². The summed E-state index contributed by atoms with van der Waals surface area (Å²) in [5.74, 6) is -0.848. The van der Waals surface area contributed by atoms with Gasteiger partial charge in [0.25, 0.3) is 7.82 Å². The van der Waals surface area contributed by atoms with Gasteiger partial charge in [0.05, 0.1) is 27.7 Å². The van der Waals surface area contributed by atoms with Crippen LogP contribution in [0.15, 0.2) is 146 Å². The van der Waals surface area contributed by atoms with Crippen LogP contribution >= 0.6 is 7.82 Å². The number of likely N-dealkylation sites (N-methyl/N-ethyl adjacent to an activating group) is 1. The molecule has 0 spiro atoms. The Morgan fingerprint density at radius 3 is 0.952 bits per heavy atom. The molecule has 0 aliphatic rings. The van der Waals surface area contributed by atoms with Crippen molar-refractivity contribution >= 4 is 19.8 Å².